The van der Waals surface area contributed by atoms with E-state index in [-0.39, 0.29) is 11.4 Å². The minimum atomic E-state index is -4.40. The van der Waals surface area contributed by atoms with Crippen molar-refractivity contribution in [2.75, 3.05) is 5.73 Å². The summed E-state index contributed by atoms with van der Waals surface area (Å²) in [5.74, 6) is 0.258. The fourth-order valence-electron chi connectivity index (χ4n) is 2.10. The summed E-state index contributed by atoms with van der Waals surface area (Å²) in [6.07, 6.45) is -4.40. The minimum absolute atomic E-state index is 0.168. The van der Waals surface area contributed by atoms with E-state index < -0.39 is 11.7 Å². The van der Waals surface area contributed by atoms with Gasteiger partial charge in [-0.3, -0.25) is 0 Å². The van der Waals surface area contributed by atoms with E-state index in [9.17, 15) is 13.2 Å². The van der Waals surface area contributed by atoms with Gasteiger partial charge in [0.05, 0.1) is 5.56 Å². The van der Waals surface area contributed by atoms with Crippen LogP contribution in [0, 0.1) is 6.92 Å². The van der Waals surface area contributed by atoms with Gasteiger partial charge in [0.15, 0.2) is 5.58 Å². The van der Waals surface area contributed by atoms with Crippen LogP contribution < -0.4 is 5.73 Å². The number of hydrogen-bond donors (Lipinski definition) is 1. The van der Waals surface area contributed by atoms with Crippen molar-refractivity contribution in [3.63, 3.8) is 0 Å². The second-order valence-corrected chi connectivity index (χ2v) is 4.72. The molecule has 0 aliphatic heterocycles. The topological polar surface area (TPSA) is 52.0 Å². The van der Waals surface area contributed by atoms with Crippen LogP contribution in [0.15, 0.2) is 40.8 Å². The number of nitrogens with zero attached hydrogens (tertiary/aromatic N) is 1. The van der Waals surface area contributed by atoms with Gasteiger partial charge < -0.3 is 10.2 Å². The second-order valence-electron chi connectivity index (χ2n) is 4.72. The van der Waals surface area contributed by atoms with Gasteiger partial charge in [0.25, 0.3) is 0 Å². The summed E-state index contributed by atoms with van der Waals surface area (Å²) in [4.78, 5) is 4.14. The standard InChI is InChI=1S/C15H11F3N2O/c1-8-10(3-2-4-11(8)19)14-20-12-7-9(15(16,17)18)5-6-13(12)21-14/h2-7H,19H2,1H3. The Hall–Kier alpha value is -2.50. The maximum absolute atomic E-state index is 12.7. The van der Waals surface area contributed by atoms with E-state index in [0.717, 1.165) is 17.7 Å². The summed E-state index contributed by atoms with van der Waals surface area (Å²) < 4.78 is 43.6. The number of alkyl halides is 3. The molecule has 3 rings (SSSR count). The summed E-state index contributed by atoms with van der Waals surface area (Å²) in [6.45, 7) is 1.81. The highest BCUT2D eigenvalue weighted by Crippen LogP contribution is 2.34. The predicted molar refractivity (Wildman–Crippen MR) is 73.6 cm³/mol. The van der Waals surface area contributed by atoms with Crippen molar-refractivity contribution in [1.82, 2.24) is 4.98 Å². The van der Waals surface area contributed by atoms with Crippen molar-refractivity contribution >= 4 is 16.8 Å². The maximum Gasteiger partial charge on any atom is 0.416 e. The first kappa shape index (κ1) is 13.5. The highest BCUT2D eigenvalue weighted by Gasteiger charge is 2.31. The third-order valence-electron chi connectivity index (χ3n) is 3.32. The first-order chi connectivity index (χ1) is 9.86. The van der Waals surface area contributed by atoms with Crippen molar-refractivity contribution in [3.05, 3.63) is 47.5 Å². The molecule has 108 valence electrons. The zero-order chi connectivity index (χ0) is 15.2. The number of aromatic nitrogens is 1. The maximum atomic E-state index is 12.7. The molecule has 0 bridgehead atoms. The Morgan fingerprint density at radius 1 is 1.14 bits per heavy atom. The number of halogens is 3. The molecule has 1 aromatic heterocycles. The largest absolute Gasteiger partial charge is 0.436 e. The number of oxazole rings is 1. The van der Waals surface area contributed by atoms with E-state index in [1.807, 2.05) is 0 Å². The lowest BCUT2D eigenvalue weighted by atomic mass is 10.1. The van der Waals surface area contributed by atoms with Gasteiger partial charge in [-0.25, -0.2) is 4.98 Å². The molecule has 0 saturated carbocycles. The quantitative estimate of drug-likeness (QED) is 0.676. The van der Waals surface area contributed by atoms with Crippen molar-refractivity contribution in [2.24, 2.45) is 0 Å². The number of anilines is 1. The smallest absolute Gasteiger partial charge is 0.416 e. The van der Waals surface area contributed by atoms with Crippen molar-refractivity contribution in [3.8, 4) is 11.5 Å². The number of hydrogen-bond acceptors (Lipinski definition) is 3. The van der Waals surface area contributed by atoms with Crippen LogP contribution in [0.25, 0.3) is 22.6 Å². The molecule has 0 saturated heterocycles. The van der Waals surface area contributed by atoms with Gasteiger partial charge in [0.2, 0.25) is 5.89 Å². The molecule has 21 heavy (non-hydrogen) atoms. The average Bonchev–Trinajstić information content (AvgIpc) is 2.83. The summed E-state index contributed by atoms with van der Waals surface area (Å²) in [7, 11) is 0. The van der Waals surface area contributed by atoms with Gasteiger partial charge in [-0.2, -0.15) is 13.2 Å². The number of fused-ring (bicyclic) bond motifs is 1. The van der Waals surface area contributed by atoms with Crippen molar-refractivity contribution in [2.45, 2.75) is 13.1 Å². The molecule has 1 heterocycles. The predicted octanol–water partition coefficient (Wildman–Crippen LogP) is 4.40. The zero-order valence-corrected chi connectivity index (χ0v) is 11.0. The lowest BCUT2D eigenvalue weighted by Crippen LogP contribution is -2.03. The molecule has 0 unspecified atom stereocenters. The Morgan fingerprint density at radius 2 is 1.90 bits per heavy atom. The third kappa shape index (κ3) is 2.33. The highest BCUT2D eigenvalue weighted by molar-refractivity contribution is 5.78. The van der Waals surface area contributed by atoms with E-state index in [4.69, 9.17) is 10.2 Å². The fourth-order valence-corrected chi connectivity index (χ4v) is 2.10. The molecular weight excluding hydrogens is 281 g/mol. The summed E-state index contributed by atoms with van der Waals surface area (Å²) in [5.41, 5.74) is 7.56. The van der Waals surface area contributed by atoms with Crippen LogP contribution >= 0.6 is 0 Å². The normalized spacial score (nSPS) is 12.0. The molecule has 3 nitrogen and oxygen atoms in total. The Bertz CT molecular complexity index is 821. The van der Waals surface area contributed by atoms with Gasteiger partial charge in [0.1, 0.15) is 5.52 Å². The molecule has 0 amide bonds. The molecule has 2 aromatic carbocycles. The number of nitrogen functional groups attached to an aromatic ring is 1. The number of benzene rings is 2. The van der Waals surface area contributed by atoms with Crippen LogP contribution in [0.5, 0.6) is 0 Å². The Balaban J connectivity index is 2.15. The molecule has 2 N–H and O–H groups in total. The molecule has 0 aliphatic rings. The van der Waals surface area contributed by atoms with E-state index in [0.29, 0.717) is 16.8 Å². The summed E-state index contributed by atoms with van der Waals surface area (Å²) >= 11 is 0. The molecule has 3 aromatic rings. The number of nitrogens with two attached hydrogens (primary N) is 1. The monoisotopic (exact) mass is 292 g/mol. The summed E-state index contributed by atoms with van der Waals surface area (Å²) in [6, 6.07) is 8.47. The Morgan fingerprint density at radius 3 is 2.62 bits per heavy atom. The van der Waals surface area contributed by atoms with Crippen LogP contribution in [0.3, 0.4) is 0 Å². The lowest BCUT2D eigenvalue weighted by Gasteiger charge is -2.04. The molecule has 0 radical (unpaired) electrons. The third-order valence-corrected chi connectivity index (χ3v) is 3.32. The Labute approximate surface area is 118 Å². The van der Waals surface area contributed by atoms with Crippen molar-refractivity contribution in [1.29, 1.82) is 0 Å². The van der Waals surface area contributed by atoms with Gasteiger partial charge >= 0.3 is 6.18 Å². The Kier molecular flexibility index (Phi) is 2.90. The van der Waals surface area contributed by atoms with Gasteiger partial charge in [-0.1, -0.05) is 6.07 Å². The number of rotatable bonds is 1. The van der Waals surface area contributed by atoms with Gasteiger partial charge in [-0.05, 0) is 42.8 Å². The van der Waals surface area contributed by atoms with Crippen LogP contribution in [-0.4, -0.2) is 4.98 Å². The minimum Gasteiger partial charge on any atom is -0.436 e. The van der Waals surface area contributed by atoms with Crippen molar-refractivity contribution < 1.29 is 17.6 Å². The van der Waals surface area contributed by atoms with E-state index >= 15 is 0 Å². The van der Waals surface area contributed by atoms with E-state index in [2.05, 4.69) is 4.98 Å². The zero-order valence-electron chi connectivity index (χ0n) is 11.0. The van der Waals surface area contributed by atoms with Gasteiger partial charge in [0, 0.05) is 11.3 Å². The van der Waals surface area contributed by atoms with E-state index in [1.165, 1.54) is 6.07 Å². The van der Waals surface area contributed by atoms with Gasteiger partial charge in [-0.15, -0.1) is 0 Å². The highest BCUT2D eigenvalue weighted by atomic mass is 19.4. The van der Waals surface area contributed by atoms with E-state index in [1.54, 1.807) is 25.1 Å². The lowest BCUT2D eigenvalue weighted by molar-refractivity contribution is -0.137. The molecular formula is C15H11F3N2O. The van der Waals surface area contributed by atoms with Crippen LogP contribution in [0.4, 0.5) is 18.9 Å². The molecule has 0 atom stereocenters. The summed E-state index contributed by atoms with van der Waals surface area (Å²) in [5, 5.41) is 0. The fraction of sp³-hybridized carbons (Fsp3) is 0.133. The van der Waals surface area contributed by atoms with Crippen LogP contribution in [0.2, 0.25) is 0 Å². The molecule has 0 spiro atoms. The van der Waals surface area contributed by atoms with Crippen LogP contribution in [0.1, 0.15) is 11.1 Å². The molecule has 6 heteroatoms. The molecule has 0 aliphatic carbocycles. The first-order valence-corrected chi connectivity index (χ1v) is 6.19. The first-order valence-electron chi connectivity index (χ1n) is 6.19. The molecule has 0 fully saturated rings. The second kappa shape index (κ2) is 4.51. The SMILES string of the molecule is Cc1c(N)cccc1-c1nc2cc(C(F)(F)F)ccc2o1. The van der Waals surface area contributed by atoms with Crippen LogP contribution in [-0.2, 0) is 6.18 Å². The average molecular weight is 292 g/mol.